The molecule has 3 heteroatoms. The second-order valence-electron chi connectivity index (χ2n) is 5.31. The van der Waals surface area contributed by atoms with Gasteiger partial charge in [-0.2, -0.15) is 0 Å². The number of aliphatic hydroxyl groups is 1. The Bertz CT molecular complexity index is 186. The van der Waals surface area contributed by atoms with Gasteiger partial charge in [0.25, 0.3) is 0 Å². The number of hydrogen-bond donors (Lipinski definition) is 2. The van der Waals surface area contributed by atoms with E-state index in [1.54, 1.807) is 0 Å². The molecule has 0 aromatic heterocycles. The quantitative estimate of drug-likeness (QED) is 0.728. The van der Waals surface area contributed by atoms with Crippen LogP contribution in [0.4, 0.5) is 0 Å². The molecule has 0 spiro atoms. The molecule has 1 fully saturated rings. The monoisotopic (exact) mass is 215 g/mol. The molecule has 15 heavy (non-hydrogen) atoms. The zero-order valence-corrected chi connectivity index (χ0v) is 10.4. The van der Waals surface area contributed by atoms with Crippen molar-refractivity contribution < 1.29 is 9.84 Å². The highest BCUT2D eigenvalue weighted by molar-refractivity contribution is 4.83. The number of ether oxygens (including phenoxy) is 1. The van der Waals surface area contributed by atoms with Gasteiger partial charge in [0.05, 0.1) is 12.2 Å². The lowest BCUT2D eigenvalue weighted by atomic mass is 9.91. The van der Waals surface area contributed by atoms with Crippen molar-refractivity contribution in [1.29, 1.82) is 0 Å². The maximum Gasteiger partial charge on any atom is 0.0766 e. The summed E-state index contributed by atoms with van der Waals surface area (Å²) in [5.41, 5.74) is -0.617. The molecule has 1 aliphatic rings. The van der Waals surface area contributed by atoms with Gasteiger partial charge >= 0.3 is 0 Å². The minimum atomic E-state index is -0.617. The molecule has 1 heterocycles. The van der Waals surface area contributed by atoms with Crippen molar-refractivity contribution >= 4 is 0 Å². The summed E-state index contributed by atoms with van der Waals surface area (Å²) in [6, 6.07) is 0.428. The molecule has 0 amide bonds. The third-order valence-electron chi connectivity index (χ3n) is 3.70. The van der Waals surface area contributed by atoms with Crippen molar-refractivity contribution in [3.8, 4) is 0 Å². The zero-order chi connectivity index (χ0) is 11.5. The normalized spacial score (nSPS) is 28.0. The van der Waals surface area contributed by atoms with Crippen LogP contribution >= 0.6 is 0 Å². The summed E-state index contributed by atoms with van der Waals surface area (Å²) < 4.78 is 5.36. The summed E-state index contributed by atoms with van der Waals surface area (Å²) in [5, 5.41) is 13.5. The van der Waals surface area contributed by atoms with Crippen LogP contribution in [-0.4, -0.2) is 36.5 Å². The first-order valence-electron chi connectivity index (χ1n) is 5.97. The molecule has 2 N–H and O–H groups in total. The molecule has 90 valence electrons. The van der Waals surface area contributed by atoms with E-state index in [9.17, 15) is 5.11 Å². The maximum absolute atomic E-state index is 10.1. The Kier molecular flexibility index (Phi) is 4.56. The highest BCUT2D eigenvalue weighted by atomic mass is 16.5. The summed E-state index contributed by atoms with van der Waals surface area (Å²) in [6.07, 6.45) is 1.14. The second-order valence-corrected chi connectivity index (χ2v) is 5.31. The van der Waals surface area contributed by atoms with Gasteiger partial charge in [-0.05, 0) is 32.1 Å². The first kappa shape index (κ1) is 12.9. The van der Waals surface area contributed by atoms with Crippen LogP contribution in [0.1, 0.15) is 34.1 Å². The smallest absolute Gasteiger partial charge is 0.0766 e. The van der Waals surface area contributed by atoms with Gasteiger partial charge in [0.2, 0.25) is 0 Å². The second kappa shape index (κ2) is 5.28. The number of nitrogens with one attached hydrogen (secondary N) is 1. The van der Waals surface area contributed by atoms with Crippen LogP contribution in [0.3, 0.4) is 0 Å². The van der Waals surface area contributed by atoms with Crippen molar-refractivity contribution in [3.05, 3.63) is 0 Å². The molecule has 1 saturated heterocycles. The van der Waals surface area contributed by atoms with Gasteiger partial charge in [0, 0.05) is 19.2 Å². The molecule has 0 radical (unpaired) electrons. The van der Waals surface area contributed by atoms with Gasteiger partial charge in [-0.1, -0.05) is 13.8 Å². The van der Waals surface area contributed by atoms with Crippen LogP contribution in [0.2, 0.25) is 0 Å². The lowest BCUT2D eigenvalue weighted by molar-refractivity contribution is 0.0104. The van der Waals surface area contributed by atoms with Crippen LogP contribution in [0, 0.1) is 11.8 Å². The Morgan fingerprint density at radius 2 is 2.13 bits per heavy atom. The topological polar surface area (TPSA) is 41.5 Å². The fraction of sp³-hybridized carbons (Fsp3) is 1.00. The lowest BCUT2D eigenvalue weighted by Crippen LogP contribution is -2.47. The van der Waals surface area contributed by atoms with E-state index >= 15 is 0 Å². The van der Waals surface area contributed by atoms with E-state index < -0.39 is 5.60 Å². The molecule has 0 aromatic carbocycles. The van der Waals surface area contributed by atoms with Crippen molar-refractivity contribution in [1.82, 2.24) is 5.32 Å². The molecular weight excluding hydrogens is 190 g/mol. The third kappa shape index (κ3) is 3.74. The van der Waals surface area contributed by atoms with E-state index in [4.69, 9.17) is 4.74 Å². The minimum Gasteiger partial charge on any atom is -0.389 e. The van der Waals surface area contributed by atoms with E-state index in [1.165, 1.54) is 0 Å². The van der Waals surface area contributed by atoms with Gasteiger partial charge < -0.3 is 15.2 Å². The fourth-order valence-electron chi connectivity index (χ4n) is 1.69. The molecule has 0 aliphatic carbocycles. The van der Waals surface area contributed by atoms with Crippen LogP contribution in [0.15, 0.2) is 0 Å². The van der Waals surface area contributed by atoms with Crippen molar-refractivity contribution in [2.45, 2.75) is 45.8 Å². The highest BCUT2D eigenvalue weighted by Crippen LogP contribution is 2.19. The lowest BCUT2D eigenvalue weighted by Gasteiger charge is -2.31. The van der Waals surface area contributed by atoms with Crippen molar-refractivity contribution in [2.75, 3.05) is 19.8 Å². The predicted octanol–water partition coefficient (Wildman–Crippen LogP) is 1.41. The Morgan fingerprint density at radius 1 is 1.47 bits per heavy atom. The molecular formula is C12H25NO2. The Balaban J connectivity index is 2.29. The number of rotatable bonds is 5. The van der Waals surface area contributed by atoms with E-state index in [1.807, 2.05) is 20.8 Å². The van der Waals surface area contributed by atoms with Crippen LogP contribution in [0.5, 0.6) is 0 Å². The maximum atomic E-state index is 10.1. The summed E-state index contributed by atoms with van der Waals surface area (Å²) >= 11 is 0. The van der Waals surface area contributed by atoms with Crippen LogP contribution < -0.4 is 5.32 Å². The molecule has 0 bridgehead atoms. The van der Waals surface area contributed by atoms with Crippen LogP contribution in [0.25, 0.3) is 0 Å². The Hall–Kier alpha value is -0.120. The van der Waals surface area contributed by atoms with Crippen LogP contribution in [-0.2, 0) is 4.74 Å². The molecule has 3 nitrogen and oxygen atoms in total. The van der Waals surface area contributed by atoms with Gasteiger partial charge in [-0.15, -0.1) is 0 Å². The Morgan fingerprint density at radius 3 is 2.60 bits per heavy atom. The summed E-state index contributed by atoms with van der Waals surface area (Å²) in [5.74, 6) is 0.880. The summed E-state index contributed by atoms with van der Waals surface area (Å²) in [6.45, 7) is 10.6. The van der Waals surface area contributed by atoms with Gasteiger partial charge in [0.1, 0.15) is 0 Å². The average molecular weight is 215 g/mol. The van der Waals surface area contributed by atoms with E-state index in [2.05, 4.69) is 12.2 Å². The minimum absolute atomic E-state index is 0.275. The molecule has 3 atom stereocenters. The molecule has 0 saturated carbocycles. The molecule has 1 rings (SSSR count). The van der Waals surface area contributed by atoms with Gasteiger partial charge in [0.15, 0.2) is 0 Å². The molecule has 0 aromatic rings. The van der Waals surface area contributed by atoms with Gasteiger partial charge in [-0.25, -0.2) is 0 Å². The zero-order valence-electron chi connectivity index (χ0n) is 10.4. The van der Waals surface area contributed by atoms with E-state index in [-0.39, 0.29) is 5.92 Å². The first-order valence-corrected chi connectivity index (χ1v) is 5.97. The van der Waals surface area contributed by atoms with Gasteiger partial charge in [-0.3, -0.25) is 0 Å². The van der Waals surface area contributed by atoms with Crippen molar-refractivity contribution in [2.24, 2.45) is 11.8 Å². The predicted molar refractivity (Wildman–Crippen MR) is 61.9 cm³/mol. The standard InChI is InChI=1S/C12H25NO2/c1-9(2)12(4,14)8-13-10(3)11-5-6-15-7-11/h9-11,13-14H,5-8H2,1-4H3. The molecule has 1 aliphatic heterocycles. The van der Waals surface area contributed by atoms with E-state index in [0.29, 0.717) is 18.5 Å². The number of hydrogen-bond acceptors (Lipinski definition) is 3. The highest BCUT2D eigenvalue weighted by Gasteiger charge is 2.27. The third-order valence-corrected chi connectivity index (χ3v) is 3.70. The summed E-state index contributed by atoms with van der Waals surface area (Å²) in [4.78, 5) is 0. The SMILES string of the molecule is CC(NCC(C)(O)C(C)C)C1CCOC1. The largest absolute Gasteiger partial charge is 0.389 e. The summed E-state index contributed by atoms with van der Waals surface area (Å²) in [7, 11) is 0. The molecule has 3 unspecified atom stereocenters. The fourth-order valence-corrected chi connectivity index (χ4v) is 1.69. The van der Waals surface area contributed by atoms with E-state index in [0.717, 1.165) is 19.6 Å². The first-order chi connectivity index (χ1) is 6.93. The average Bonchev–Trinajstić information content (AvgIpc) is 2.66. The Labute approximate surface area is 93.2 Å². The van der Waals surface area contributed by atoms with Crippen molar-refractivity contribution in [3.63, 3.8) is 0 Å².